The van der Waals surface area contributed by atoms with Crippen molar-refractivity contribution in [2.45, 2.75) is 45.1 Å². The lowest BCUT2D eigenvalue weighted by Gasteiger charge is -2.35. The number of morpholine rings is 1. The first-order chi connectivity index (χ1) is 11.0. The van der Waals surface area contributed by atoms with Gasteiger partial charge in [-0.15, -0.1) is 24.8 Å². The summed E-state index contributed by atoms with van der Waals surface area (Å²) in [6.07, 6.45) is 1.45. The summed E-state index contributed by atoms with van der Waals surface area (Å²) >= 11 is 0. The van der Waals surface area contributed by atoms with Crippen LogP contribution in [0.25, 0.3) is 0 Å². The molecule has 2 saturated heterocycles. The maximum atomic E-state index is 12.4. The fourth-order valence-corrected chi connectivity index (χ4v) is 3.58. The molecular weight excluding hydrogens is 361 g/mol. The summed E-state index contributed by atoms with van der Waals surface area (Å²) in [6.45, 7) is 8.49. The van der Waals surface area contributed by atoms with E-state index in [0.717, 1.165) is 38.2 Å². The van der Waals surface area contributed by atoms with Crippen LogP contribution < -0.4 is 5.73 Å². The van der Waals surface area contributed by atoms with Crippen LogP contribution in [-0.4, -0.2) is 60.1 Å². The summed E-state index contributed by atoms with van der Waals surface area (Å²) in [5.41, 5.74) is 7.88. The highest BCUT2D eigenvalue weighted by Gasteiger charge is 2.25. The smallest absolute Gasteiger partial charge is 0.253 e. The van der Waals surface area contributed by atoms with Gasteiger partial charge in [-0.1, -0.05) is 12.1 Å². The standard InChI is InChI=1S/C18H27N3O2.2ClH/c1-13-9-20(10-14(2)23-13)11-15-3-5-16(6-4-15)18(22)21-8-7-17(19)12-21;;/h3-6,13-14,17H,7-12,19H2,1-2H3;2*1H. The van der Waals surface area contributed by atoms with E-state index in [1.54, 1.807) is 0 Å². The first-order valence-corrected chi connectivity index (χ1v) is 8.53. The maximum absolute atomic E-state index is 12.4. The van der Waals surface area contributed by atoms with Crippen molar-refractivity contribution in [1.82, 2.24) is 9.80 Å². The summed E-state index contributed by atoms with van der Waals surface area (Å²) < 4.78 is 5.77. The number of nitrogens with zero attached hydrogens (tertiary/aromatic N) is 2. The van der Waals surface area contributed by atoms with E-state index in [1.165, 1.54) is 5.56 Å². The van der Waals surface area contributed by atoms with Gasteiger partial charge >= 0.3 is 0 Å². The monoisotopic (exact) mass is 389 g/mol. The number of rotatable bonds is 3. The topological polar surface area (TPSA) is 58.8 Å². The molecular formula is C18H29Cl2N3O2. The zero-order valence-electron chi connectivity index (χ0n) is 14.9. The van der Waals surface area contributed by atoms with Gasteiger partial charge in [0.1, 0.15) is 0 Å². The van der Waals surface area contributed by atoms with Gasteiger partial charge in [0.2, 0.25) is 0 Å². The normalized spacial score (nSPS) is 26.7. The molecule has 0 bridgehead atoms. The number of amides is 1. The summed E-state index contributed by atoms with van der Waals surface area (Å²) in [4.78, 5) is 16.7. The van der Waals surface area contributed by atoms with E-state index >= 15 is 0 Å². The first-order valence-electron chi connectivity index (χ1n) is 8.53. The van der Waals surface area contributed by atoms with Crippen LogP contribution in [0.4, 0.5) is 0 Å². The second kappa shape index (κ2) is 9.74. The Balaban J connectivity index is 0.00000156. The molecule has 3 unspecified atom stereocenters. The van der Waals surface area contributed by atoms with Gasteiger partial charge in [0.25, 0.3) is 5.91 Å². The number of nitrogens with two attached hydrogens (primary N) is 1. The maximum Gasteiger partial charge on any atom is 0.253 e. The Kier molecular flexibility index (Phi) is 8.64. The molecule has 142 valence electrons. The van der Waals surface area contributed by atoms with Crippen LogP contribution in [-0.2, 0) is 11.3 Å². The molecule has 2 aliphatic heterocycles. The molecule has 7 heteroatoms. The Bertz CT molecular complexity index is 546. The van der Waals surface area contributed by atoms with E-state index in [4.69, 9.17) is 10.5 Å². The van der Waals surface area contributed by atoms with Crippen LogP contribution in [0.3, 0.4) is 0 Å². The number of ether oxygens (including phenoxy) is 1. The van der Waals surface area contributed by atoms with E-state index in [2.05, 4.69) is 30.9 Å². The second-order valence-electron chi connectivity index (χ2n) is 6.95. The fraction of sp³-hybridized carbons (Fsp3) is 0.611. The van der Waals surface area contributed by atoms with Crippen molar-refractivity contribution in [3.8, 4) is 0 Å². The van der Waals surface area contributed by atoms with E-state index in [0.29, 0.717) is 6.54 Å². The molecule has 1 aromatic carbocycles. The van der Waals surface area contributed by atoms with Crippen LogP contribution in [0.1, 0.15) is 36.2 Å². The second-order valence-corrected chi connectivity index (χ2v) is 6.95. The van der Waals surface area contributed by atoms with Crippen molar-refractivity contribution >= 4 is 30.7 Å². The molecule has 1 aromatic rings. The largest absolute Gasteiger partial charge is 0.373 e. The lowest BCUT2D eigenvalue weighted by atomic mass is 10.1. The molecule has 0 spiro atoms. The molecule has 1 amide bonds. The number of carbonyl (C=O) groups is 1. The van der Waals surface area contributed by atoms with Crippen LogP contribution >= 0.6 is 24.8 Å². The SMILES string of the molecule is CC1CN(Cc2ccc(C(=O)N3CCC(N)C3)cc2)CC(C)O1.Cl.Cl. The van der Waals surface area contributed by atoms with Crippen LogP contribution in [0, 0.1) is 0 Å². The predicted molar refractivity (Wildman–Crippen MR) is 105 cm³/mol. The van der Waals surface area contributed by atoms with E-state index in [9.17, 15) is 4.79 Å². The number of likely N-dealkylation sites (tertiary alicyclic amines) is 1. The van der Waals surface area contributed by atoms with Gasteiger partial charge in [0, 0.05) is 44.3 Å². The van der Waals surface area contributed by atoms with E-state index in [-0.39, 0.29) is 49.0 Å². The van der Waals surface area contributed by atoms with E-state index in [1.807, 2.05) is 17.0 Å². The van der Waals surface area contributed by atoms with Gasteiger partial charge in [-0.3, -0.25) is 9.69 Å². The predicted octanol–water partition coefficient (Wildman–Crippen LogP) is 2.31. The van der Waals surface area contributed by atoms with Crippen molar-refractivity contribution in [2.24, 2.45) is 5.73 Å². The van der Waals surface area contributed by atoms with Crippen LogP contribution in [0.5, 0.6) is 0 Å². The van der Waals surface area contributed by atoms with E-state index < -0.39 is 0 Å². The zero-order valence-corrected chi connectivity index (χ0v) is 16.5. The highest BCUT2D eigenvalue weighted by molar-refractivity contribution is 5.94. The Morgan fingerprint density at radius 3 is 2.24 bits per heavy atom. The Hall–Kier alpha value is -0.850. The third-order valence-corrected chi connectivity index (χ3v) is 4.61. The summed E-state index contributed by atoms with van der Waals surface area (Å²) in [5, 5.41) is 0. The van der Waals surface area contributed by atoms with Crippen LogP contribution in [0.2, 0.25) is 0 Å². The minimum absolute atomic E-state index is 0. The number of halogens is 2. The van der Waals surface area contributed by atoms with Crippen molar-refractivity contribution < 1.29 is 9.53 Å². The molecule has 0 saturated carbocycles. The van der Waals surface area contributed by atoms with Crippen LogP contribution in [0.15, 0.2) is 24.3 Å². The van der Waals surface area contributed by atoms with Crippen molar-refractivity contribution in [3.63, 3.8) is 0 Å². The van der Waals surface area contributed by atoms with Crippen molar-refractivity contribution in [2.75, 3.05) is 26.2 Å². The summed E-state index contributed by atoms with van der Waals surface area (Å²) in [7, 11) is 0. The average molecular weight is 390 g/mol. The molecule has 2 aliphatic rings. The van der Waals surface area contributed by atoms with Crippen molar-refractivity contribution in [1.29, 1.82) is 0 Å². The molecule has 3 atom stereocenters. The van der Waals surface area contributed by atoms with Gasteiger partial charge < -0.3 is 15.4 Å². The minimum atomic E-state index is 0. The third-order valence-electron chi connectivity index (χ3n) is 4.61. The zero-order chi connectivity index (χ0) is 16.4. The number of carbonyl (C=O) groups excluding carboxylic acids is 1. The van der Waals surface area contributed by atoms with Gasteiger partial charge in [-0.2, -0.15) is 0 Å². The minimum Gasteiger partial charge on any atom is -0.373 e. The number of benzene rings is 1. The Morgan fingerprint density at radius 1 is 1.12 bits per heavy atom. The molecule has 0 aromatic heterocycles. The van der Waals surface area contributed by atoms with Gasteiger partial charge in [-0.25, -0.2) is 0 Å². The molecule has 5 nitrogen and oxygen atoms in total. The quantitative estimate of drug-likeness (QED) is 0.861. The van der Waals surface area contributed by atoms with Gasteiger partial charge in [-0.05, 0) is 38.0 Å². The Morgan fingerprint density at radius 2 is 1.72 bits per heavy atom. The molecule has 2 heterocycles. The molecule has 2 N–H and O–H groups in total. The Labute approximate surface area is 162 Å². The molecule has 2 fully saturated rings. The molecule has 25 heavy (non-hydrogen) atoms. The van der Waals surface area contributed by atoms with Gasteiger partial charge in [0.15, 0.2) is 0 Å². The third kappa shape index (κ3) is 5.83. The number of hydrogen-bond donors (Lipinski definition) is 1. The van der Waals surface area contributed by atoms with Crippen molar-refractivity contribution in [3.05, 3.63) is 35.4 Å². The highest BCUT2D eigenvalue weighted by atomic mass is 35.5. The molecule has 3 rings (SSSR count). The lowest BCUT2D eigenvalue weighted by Crippen LogP contribution is -2.44. The average Bonchev–Trinajstić information content (AvgIpc) is 2.93. The van der Waals surface area contributed by atoms with Gasteiger partial charge in [0.05, 0.1) is 12.2 Å². The lowest BCUT2D eigenvalue weighted by molar-refractivity contribution is -0.0704. The first kappa shape index (κ1) is 22.2. The molecule has 0 aliphatic carbocycles. The molecule has 0 radical (unpaired) electrons. The summed E-state index contributed by atoms with van der Waals surface area (Å²) in [6, 6.07) is 8.13. The summed E-state index contributed by atoms with van der Waals surface area (Å²) in [5.74, 6) is 0.0955. The highest BCUT2D eigenvalue weighted by Crippen LogP contribution is 2.16. The fourth-order valence-electron chi connectivity index (χ4n) is 3.58. The number of hydrogen-bond acceptors (Lipinski definition) is 4.